The molecule has 0 atom stereocenters. The number of hydrogen-bond acceptors (Lipinski definition) is 4. The molecule has 0 unspecified atom stereocenters. The van der Waals surface area contributed by atoms with Crippen molar-refractivity contribution in [1.82, 2.24) is 0 Å². The lowest BCUT2D eigenvalue weighted by molar-refractivity contribution is -0.118. The number of nitrogen functional groups attached to an aromatic ring is 1. The van der Waals surface area contributed by atoms with Gasteiger partial charge in [-0.1, -0.05) is 18.2 Å². The molecule has 5 nitrogen and oxygen atoms in total. The van der Waals surface area contributed by atoms with Crippen LogP contribution in [0.5, 0.6) is 5.75 Å². The maximum absolute atomic E-state index is 11.9. The molecule has 2 aromatic rings. The van der Waals surface area contributed by atoms with E-state index in [0.29, 0.717) is 22.7 Å². The Kier molecular flexibility index (Phi) is 4.56. The Bertz CT molecular complexity index is 668. The average Bonchev–Trinajstić information content (AvgIpc) is 2.45. The molecule has 0 aliphatic heterocycles. The lowest BCUT2D eigenvalue weighted by Gasteiger charge is -2.10. The number of para-hydroxylation sites is 1. The normalized spacial score (nSPS) is 9.95. The predicted octanol–water partition coefficient (Wildman–Crippen LogP) is 2.49. The van der Waals surface area contributed by atoms with Gasteiger partial charge in [0.2, 0.25) is 0 Å². The predicted molar refractivity (Wildman–Crippen MR) is 81.4 cm³/mol. The topological polar surface area (TPSA) is 81.4 Å². The Balaban J connectivity index is 1.98. The molecule has 3 N–H and O–H groups in total. The third-order valence-electron chi connectivity index (χ3n) is 2.81. The van der Waals surface area contributed by atoms with Crippen molar-refractivity contribution in [2.24, 2.45) is 0 Å². The molecular formula is C16H16N2O3. The zero-order valence-corrected chi connectivity index (χ0v) is 11.6. The molecule has 108 valence electrons. The van der Waals surface area contributed by atoms with Crippen molar-refractivity contribution in [2.75, 3.05) is 17.7 Å². The lowest BCUT2D eigenvalue weighted by atomic mass is 10.1. The SMILES string of the molecule is CC(=O)c1ccccc1NC(=O)COc1cccc(N)c1. The summed E-state index contributed by atoms with van der Waals surface area (Å²) in [4.78, 5) is 23.3. The summed E-state index contributed by atoms with van der Waals surface area (Å²) in [5.41, 5.74) is 7.13. The van der Waals surface area contributed by atoms with Crippen molar-refractivity contribution >= 4 is 23.1 Å². The van der Waals surface area contributed by atoms with Gasteiger partial charge in [-0.3, -0.25) is 9.59 Å². The molecular weight excluding hydrogens is 268 g/mol. The number of carbonyl (C=O) groups is 2. The number of Topliss-reactive ketones (excluding diaryl/α,β-unsaturated/α-hetero) is 1. The molecule has 0 saturated heterocycles. The number of ketones is 1. The highest BCUT2D eigenvalue weighted by Gasteiger charge is 2.10. The number of nitrogens with two attached hydrogens (primary N) is 1. The number of rotatable bonds is 5. The van der Waals surface area contributed by atoms with E-state index in [-0.39, 0.29) is 18.3 Å². The van der Waals surface area contributed by atoms with Gasteiger partial charge < -0.3 is 15.8 Å². The maximum atomic E-state index is 11.9. The van der Waals surface area contributed by atoms with E-state index in [1.165, 1.54) is 6.92 Å². The van der Waals surface area contributed by atoms with Gasteiger partial charge in [-0.15, -0.1) is 0 Å². The van der Waals surface area contributed by atoms with Crippen LogP contribution in [-0.4, -0.2) is 18.3 Å². The highest BCUT2D eigenvalue weighted by molar-refractivity contribution is 6.03. The van der Waals surface area contributed by atoms with E-state index in [1.807, 2.05) is 0 Å². The van der Waals surface area contributed by atoms with Crippen LogP contribution in [0.4, 0.5) is 11.4 Å². The Morgan fingerprint density at radius 3 is 2.62 bits per heavy atom. The molecule has 0 fully saturated rings. The molecule has 0 aliphatic rings. The van der Waals surface area contributed by atoms with Crippen LogP contribution < -0.4 is 15.8 Å². The number of benzene rings is 2. The fraction of sp³-hybridized carbons (Fsp3) is 0.125. The van der Waals surface area contributed by atoms with Crippen molar-refractivity contribution in [1.29, 1.82) is 0 Å². The lowest BCUT2D eigenvalue weighted by Crippen LogP contribution is -2.21. The van der Waals surface area contributed by atoms with E-state index in [9.17, 15) is 9.59 Å². The summed E-state index contributed by atoms with van der Waals surface area (Å²) in [6.45, 7) is 1.30. The molecule has 0 heterocycles. The standard InChI is InChI=1S/C16H16N2O3/c1-11(19)14-7-2-3-8-15(14)18-16(20)10-21-13-6-4-5-12(17)9-13/h2-9H,10,17H2,1H3,(H,18,20). The largest absolute Gasteiger partial charge is 0.484 e. The fourth-order valence-corrected chi connectivity index (χ4v) is 1.84. The Hall–Kier alpha value is -2.82. The van der Waals surface area contributed by atoms with Crippen molar-refractivity contribution in [3.05, 3.63) is 54.1 Å². The average molecular weight is 284 g/mol. The molecule has 0 bridgehead atoms. The molecule has 0 radical (unpaired) electrons. The van der Waals surface area contributed by atoms with Crippen LogP contribution in [-0.2, 0) is 4.79 Å². The van der Waals surface area contributed by atoms with Gasteiger partial charge in [-0.2, -0.15) is 0 Å². The first-order chi connectivity index (χ1) is 10.1. The summed E-state index contributed by atoms with van der Waals surface area (Å²) in [5, 5.41) is 2.66. The van der Waals surface area contributed by atoms with E-state index in [1.54, 1.807) is 48.5 Å². The van der Waals surface area contributed by atoms with Gasteiger partial charge in [0, 0.05) is 17.3 Å². The van der Waals surface area contributed by atoms with Crippen molar-refractivity contribution < 1.29 is 14.3 Å². The molecule has 0 saturated carbocycles. The molecule has 2 rings (SSSR count). The summed E-state index contributed by atoms with van der Waals surface area (Å²) in [6, 6.07) is 13.7. The van der Waals surface area contributed by atoms with Gasteiger partial charge >= 0.3 is 0 Å². The summed E-state index contributed by atoms with van der Waals surface area (Å²) >= 11 is 0. The second-order valence-electron chi connectivity index (χ2n) is 4.51. The second kappa shape index (κ2) is 6.56. The van der Waals surface area contributed by atoms with E-state index in [2.05, 4.69) is 5.32 Å². The summed E-state index contributed by atoms with van der Waals surface area (Å²) in [7, 11) is 0. The minimum Gasteiger partial charge on any atom is -0.484 e. The molecule has 21 heavy (non-hydrogen) atoms. The second-order valence-corrected chi connectivity index (χ2v) is 4.51. The van der Waals surface area contributed by atoms with Gasteiger partial charge in [0.05, 0.1) is 5.69 Å². The van der Waals surface area contributed by atoms with E-state index < -0.39 is 0 Å². The first-order valence-electron chi connectivity index (χ1n) is 6.44. The minimum absolute atomic E-state index is 0.109. The third-order valence-corrected chi connectivity index (χ3v) is 2.81. The van der Waals surface area contributed by atoms with Crippen LogP contribution in [0.2, 0.25) is 0 Å². The van der Waals surface area contributed by atoms with Crippen LogP contribution in [0.25, 0.3) is 0 Å². The van der Waals surface area contributed by atoms with Gasteiger partial charge in [0.1, 0.15) is 5.75 Å². The molecule has 0 spiro atoms. The van der Waals surface area contributed by atoms with Crippen LogP contribution in [0.15, 0.2) is 48.5 Å². The number of amides is 1. The number of carbonyl (C=O) groups excluding carboxylic acids is 2. The summed E-state index contributed by atoms with van der Waals surface area (Å²) < 4.78 is 5.34. The van der Waals surface area contributed by atoms with E-state index in [4.69, 9.17) is 10.5 Å². The highest BCUT2D eigenvalue weighted by atomic mass is 16.5. The van der Waals surface area contributed by atoms with Crippen LogP contribution in [0, 0.1) is 0 Å². The van der Waals surface area contributed by atoms with Gasteiger partial charge in [0.15, 0.2) is 12.4 Å². The molecule has 0 aliphatic carbocycles. The number of anilines is 2. The van der Waals surface area contributed by atoms with E-state index >= 15 is 0 Å². The van der Waals surface area contributed by atoms with Crippen molar-refractivity contribution in [3.8, 4) is 5.75 Å². The number of hydrogen-bond donors (Lipinski definition) is 2. The maximum Gasteiger partial charge on any atom is 0.262 e. The van der Waals surface area contributed by atoms with Crippen molar-refractivity contribution in [3.63, 3.8) is 0 Å². The fourth-order valence-electron chi connectivity index (χ4n) is 1.84. The zero-order valence-electron chi connectivity index (χ0n) is 11.6. The summed E-state index contributed by atoms with van der Waals surface area (Å²) in [6.07, 6.45) is 0. The monoisotopic (exact) mass is 284 g/mol. The first kappa shape index (κ1) is 14.6. The van der Waals surface area contributed by atoms with Gasteiger partial charge in [-0.25, -0.2) is 0 Å². The first-order valence-corrected chi connectivity index (χ1v) is 6.44. The highest BCUT2D eigenvalue weighted by Crippen LogP contribution is 2.16. The van der Waals surface area contributed by atoms with Crippen molar-refractivity contribution in [2.45, 2.75) is 6.92 Å². The molecule has 5 heteroatoms. The zero-order chi connectivity index (χ0) is 15.2. The van der Waals surface area contributed by atoms with Gasteiger partial charge in [0.25, 0.3) is 5.91 Å². The van der Waals surface area contributed by atoms with Crippen LogP contribution >= 0.6 is 0 Å². The Labute approximate surface area is 122 Å². The van der Waals surface area contributed by atoms with Gasteiger partial charge in [-0.05, 0) is 31.2 Å². The molecule has 1 amide bonds. The molecule has 2 aromatic carbocycles. The molecule has 0 aromatic heterocycles. The smallest absolute Gasteiger partial charge is 0.262 e. The summed E-state index contributed by atoms with van der Waals surface area (Å²) in [5.74, 6) is 0.0683. The van der Waals surface area contributed by atoms with Crippen LogP contribution in [0.1, 0.15) is 17.3 Å². The number of nitrogens with one attached hydrogen (secondary N) is 1. The quantitative estimate of drug-likeness (QED) is 0.653. The Morgan fingerprint density at radius 2 is 1.90 bits per heavy atom. The van der Waals surface area contributed by atoms with E-state index in [0.717, 1.165) is 0 Å². The Morgan fingerprint density at radius 1 is 1.14 bits per heavy atom. The minimum atomic E-state index is -0.342. The van der Waals surface area contributed by atoms with Crippen LogP contribution in [0.3, 0.4) is 0 Å². The third kappa shape index (κ3) is 4.07. The number of ether oxygens (including phenoxy) is 1.